The van der Waals surface area contributed by atoms with E-state index in [-0.39, 0.29) is 5.69 Å². The first-order valence-corrected chi connectivity index (χ1v) is 8.26. The SMILES string of the molecule is CC1CCC(CCNc2ccc(Br)cc2C(F)(F)F)CC1. The monoisotopic (exact) mass is 363 g/mol. The quantitative estimate of drug-likeness (QED) is 0.681. The molecule has 0 aromatic heterocycles. The highest BCUT2D eigenvalue weighted by atomic mass is 79.9. The van der Waals surface area contributed by atoms with E-state index in [2.05, 4.69) is 28.2 Å². The third-order valence-corrected chi connectivity index (χ3v) is 4.78. The van der Waals surface area contributed by atoms with E-state index < -0.39 is 11.7 Å². The molecule has 1 aliphatic rings. The van der Waals surface area contributed by atoms with Gasteiger partial charge in [0, 0.05) is 16.7 Å². The lowest BCUT2D eigenvalue weighted by molar-refractivity contribution is -0.137. The lowest BCUT2D eigenvalue weighted by Crippen LogP contribution is -2.17. The molecular formula is C16H21BrF3N. The molecule has 0 atom stereocenters. The van der Waals surface area contributed by atoms with Crippen LogP contribution in [0, 0.1) is 11.8 Å². The van der Waals surface area contributed by atoms with Gasteiger partial charge >= 0.3 is 6.18 Å². The third kappa shape index (κ3) is 4.90. The van der Waals surface area contributed by atoms with Gasteiger partial charge in [0.05, 0.1) is 5.56 Å². The minimum Gasteiger partial charge on any atom is -0.385 e. The molecule has 0 heterocycles. The van der Waals surface area contributed by atoms with Crippen LogP contribution in [0.3, 0.4) is 0 Å². The molecule has 0 bridgehead atoms. The largest absolute Gasteiger partial charge is 0.418 e. The molecule has 21 heavy (non-hydrogen) atoms. The fourth-order valence-corrected chi connectivity index (χ4v) is 3.29. The summed E-state index contributed by atoms with van der Waals surface area (Å²) in [6.45, 7) is 2.87. The van der Waals surface area contributed by atoms with Gasteiger partial charge in [-0.2, -0.15) is 13.2 Å². The molecule has 0 spiro atoms. The van der Waals surface area contributed by atoms with Crippen LogP contribution in [-0.4, -0.2) is 6.54 Å². The molecule has 118 valence electrons. The van der Waals surface area contributed by atoms with Crippen molar-refractivity contribution in [1.29, 1.82) is 0 Å². The second kappa shape index (κ2) is 7.03. The lowest BCUT2D eigenvalue weighted by Gasteiger charge is -2.26. The van der Waals surface area contributed by atoms with Crippen LogP contribution in [0.5, 0.6) is 0 Å². The molecule has 0 amide bonds. The zero-order chi connectivity index (χ0) is 15.5. The Labute approximate surface area is 132 Å². The van der Waals surface area contributed by atoms with Crippen molar-refractivity contribution >= 4 is 21.6 Å². The van der Waals surface area contributed by atoms with Crippen molar-refractivity contribution in [3.05, 3.63) is 28.2 Å². The van der Waals surface area contributed by atoms with Crippen molar-refractivity contribution in [1.82, 2.24) is 0 Å². The number of halogens is 4. The number of anilines is 1. The Hall–Kier alpha value is -0.710. The van der Waals surface area contributed by atoms with Crippen LogP contribution in [0.4, 0.5) is 18.9 Å². The normalized spacial score (nSPS) is 23.1. The number of nitrogens with one attached hydrogen (secondary N) is 1. The maximum Gasteiger partial charge on any atom is 0.418 e. The Kier molecular flexibility index (Phi) is 5.58. The van der Waals surface area contributed by atoms with Crippen molar-refractivity contribution < 1.29 is 13.2 Å². The van der Waals surface area contributed by atoms with E-state index in [1.54, 1.807) is 6.07 Å². The number of hydrogen-bond acceptors (Lipinski definition) is 1. The molecule has 0 unspecified atom stereocenters. The van der Waals surface area contributed by atoms with Gasteiger partial charge < -0.3 is 5.32 Å². The highest BCUT2D eigenvalue weighted by molar-refractivity contribution is 9.10. The van der Waals surface area contributed by atoms with Gasteiger partial charge in [0.15, 0.2) is 0 Å². The Balaban J connectivity index is 1.91. The van der Waals surface area contributed by atoms with E-state index in [0.29, 0.717) is 16.9 Å². The highest BCUT2D eigenvalue weighted by Crippen LogP contribution is 2.37. The Morgan fingerprint density at radius 2 is 1.86 bits per heavy atom. The average Bonchev–Trinajstić information content (AvgIpc) is 2.41. The van der Waals surface area contributed by atoms with E-state index in [9.17, 15) is 13.2 Å². The topological polar surface area (TPSA) is 12.0 Å². The second-order valence-corrected chi connectivity index (χ2v) is 6.94. The summed E-state index contributed by atoms with van der Waals surface area (Å²) in [5, 5.41) is 2.96. The van der Waals surface area contributed by atoms with Gasteiger partial charge in [0.25, 0.3) is 0 Å². The fourth-order valence-electron chi connectivity index (χ4n) is 2.93. The summed E-state index contributed by atoms with van der Waals surface area (Å²) in [6, 6.07) is 4.26. The molecule has 2 rings (SSSR count). The van der Waals surface area contributed by atoms with Crippen LogP contribution in [0.2, 0.25) is 0 Å². The van der Waals surface area contributed by atoms with E-state index in [0.717, 1.165) is 18.4 Å². The fraction of sp³-hybridized carbons (Fsp3) is 0.625. The van der Waals surface area contributed by atoms with Gasteiger partial charge in [0.1, 0.15) is 0 Å². The molecule has 0 aliphatic heterocycles. The summed E-state index contributed by atoms with van der Waals surface area (Å²) in [6.07, 6.45) is 1.52. The van der Waals surface area contributed by atoms with Crippen molar-refractivity contribution in [2.24, 2.45) is 11.8 Å². The zero-order valence-corrected chi connectivity index (χ0v) is 13.7. The molecule has 0 saturated heterocycles. The van der Waals surface area contributed by atoms with E-state index in [1.807, 2.05) is 0 Å². The first-order chi connectivity index (χ1) is 9.86. The molecule has 1 aliphatic carbocycles. The maximum atomic E-state index is 13.0. The van der Waals surface area contributed by atoms with Crippen LogP contribution < -0.4 is 5.32 Å². The Morgan fingerprint density at radius 1 is 1.19 bits per heavy atom. The maximum absolute atomic E-state index is 13.0. The molecular weight excluding hydrogens is 343 g/mol. The average molecular weight is 364 g/mol. The zero-order valence-electron chi connectivity index (χ0n) is 12.1. The van der Waals surface area contributed by atoms with Crippen LogP contribution in [0.25, 0.3) is 0 Å². The first-order valence-electron chi connectivity index (χ1n) is 7.47. The summed E-state index contributed by atoms with van der Waals surface area (Å²) >= 11 is 3.10. The summed E-state index contributed by atoms with van der Waals surface area (Å²) in [5.41, 5.74) is -0.427. The summed E-state index contributed by atoms with van der Waals surface area (Å²) in [4.78, 5) is 0. The molecule has 1 saturated carbocycles. The van der Waals surface area contributed by atoms with Gasteiger partial charge in [-0.25, -0.2) is 0 Å². The minimum atomic E-state index is -4.33. The molecule has 1 nitrogen and oxygen atoms in total. The van der Waals surface area contributed by atoms with Crippen molar-refractivity contribution in [2.75, 3.05) is 11.9 Å². The lowest BCUT2D eigenvalue weighted by atomic mass is 9.81. The number of hydrogen-bond donors (Lipinski definition) is 1. The van der Waals surface area contributed by atoms with Crippen LogP contribution in [0.15, 0.2) is 22.7 Å². The molecule has 1 aromatic rings. The van der Waals surface area contributed by atoms with Gasteiger partial charge in [-0.1, -0.05) is 48.5 Å². The highest BCUT2D eigenvalue weighted by Gasteiger charge is 2.33. The van der Waals surface area contributed by atoms with Crippen molar-refractivity contribution in [3.63, 3.8) is 0 Å². The van der Waals surface area contributed by atoms with Gasteiger partial charge in [0.2, 0.25) is 0 Å². The molecule has 5 heteroatoms. The Bertz CT molecular complexity index is 465. The predicted octanol–water partition coefficient (Wildman–Crippen LogP) is 6.10. The van der Waals surface area contributed by atoms with Crippen LogP contribution >= 0.6 is 15.9 Å². The van der Waals surface area contributed by atoms with Gasteiger partial charge in [-0.05, 0) is 36.5 Å². The second-order valence-electron chi connectivity index (χ2n) is 6.03. The Morgan fingerprint density at radius 3 is 2.48 bits per heavy atom. The van der Waals surface area contributed by atoms with Gasteiger partial charge in [-0.15, -0.1) is 0 Å². The number of benzene rings is 1. The van der Waals surface area contributed by atoms with Crippen molar-refractivity contribution in [3.8, 4) is 0 Å². The first kappa shape index (κ1) is 16.7. The van der Waals surface area contributed by atoms with E-state index in [1.165, 1.54) is 31.7 Å². The van der Waals surface area contributed by atoms with Gasteiger partial charge in [-0.3, -0.25) is 0 Å². The molecule has 0 radical (unpaired) electrons. The summed E-state index contributed by atoms with van der Waals surface area (Å²) < 4.78 is 39.4. The van der Waals surface area contributed by atoms with E-state index >= 15 is 0 Å². The number of rotatable bonds is 4. The van der Waals surface area contributed by atoms with Crippen LogP contribution in [-0.2, 0) is 6.18 Å². The molecule has 1 fully saturated rings. The summed E-state index contributed by atoms with van der Waals surface area (Å²) in [7, 11) is 0. The number of alkyl halides is 3. The summed E-state index contributed by atoms with van der Waals surface area (Å²) in [5.74, 6) is 1.45. The molecule has 1 aromatic carbocycles. The van der Waals surface area contributed by atoms with E-state index in [4.69, 9.17) is 0 Å². The minimum absolute atomic E-state index is 0.176. The third-order valence-electron chi connectivity index (χ3n) is 4.29. The smallest absolute Gasteiger partial charge is 0.385 e. The van der Waals surface area contributed by atoms with Crippen LogP contribution in [0.1, 0.15) is 44.6 Å². The molecule has 1 N–H and O–H groups in total. The standard InChI is InChI=1S/C16H21BrF3N/c1-11-2-4-12(5-3-11)8-9-21-15-7-6-13(17)10-14(15)16(18,19)20/h6-7,10-12,21H,2-5,8-9H2,1H3. The van der Waals surface area contributed by atoms with Crippen molar-refractivity contribution in [2.45, 2.75) is 45.2 Å². The predicted molar refractivity (Wildman–Crippen MR) is 83.4 cm³/mol.